The predicted octanol–water partition coefficient (Wildman–Crippen LogP) is 12.2. The van der Waals surface area contributed by atoms with E-state index in [9.17, 15) is 24.2 Å². The maximum absolute atomic E-state index is 12.1. The number of nitrogens with one attached hydrogen (secondary N) is 1. The topological polar surface area (TPSA) is 131 Å². The number of aliphatic hydroxyl groups excluding tert-OH is 1. The summed E-state index contributed by atoms with van der Waals surface area (Å²) in [4.78, 5) is 33.9. The first-order chi connectivity index (χ1) is 27.8. The molecule has 0 aliphatic rings. The van der Waals surface area contributed by atoms with E-state index in [1.54, 1.807) is 0 Å². The summed E-state index contributed by atoms with van der Waals surface area (Å²) in [6.07, 6.45) is 54.9. The molecule has 0 saturated heterocycles. The molecular formula is C47H78NO8P. The van der Waals surface area contributed by atoms with Gasteiger partial charge in [0.25, 0.3) is 0 Å². The number of hydrogen-bond acceptors (Lipinski definition) is 7. The Hall–Kier alpha value is -3.07. The van der Waals surface area contributed by atoms with Gasteiger partial charge in [-0.25, -0.2) is 4.57 Å². The Morgan fingerprint density at radius 3 is 1.54 bits per heavy atom. The van der Waals surface area contributed by atoms with Crippen LogP contribution in [0.4, 0.5) is 0 Å². The van der Waals surface area contributed by atoms with Gasteiger partial charge in [-0.2, -0.15) is 0 Å². The van der Waals surface area contributed by atoms with E-state index in [1.807, 2.05) is 12.2 Å². The Morgan fingerprint density at radius 1 is 0.561 bits per heavy atom. The average Bonchev–Trinajstić information content (AvgIpc) is 3.20. The molecule has 0 aliphatic carbocycles. The average molecular weight is 816 g/mol. The molecule has 2 unspecified atom stereocenters. The quantitative estimate of drug-likeness (QED) is 0.0242. The van der Waals surface area contributed by atoms with Crippen molar-refractivity contribution >= 4 is 19.7 Å². The summed E-state index contributed by atoms with van der Waals surface area (Å²) in [7, 11) is -4.45. The Bertz CT molecular complexity index is 1250. The highest BCUT2D eigenvalue weighted by Crippen LogP contribution is 2.42. The van der Waals surface area contributed by atoms with E-state index < -0.39 is 26.5 Å². The van der Waals surface area contributed by atoms with E-state index in [2.05, 4.69) is 104 Å². The summed E-state index contributed by atoms with van der Waals surface area (Å²) in [5.74, 6) is -0.619. The molecule has 0 heterocycles. The van der Waals surface area contributed by atoms with Crippen molar-refractivity contribution in [2.24, 2.45) is 0 Å². The van der Waals surface area contributed by atoms with E-state index >= 15 is 0 Å². The molecule has 57 heavy (non-hydrogen) atoms. The Balaban J connectivity index is 3.74. The van der Waals surface area contributed by atoms with Crippen molar-refractivity contribution in [3.63, 3.8) is 0 Å². The number of phosphoric ester groups is 1. The highest BCUT2D eigenvalue weighted by molar-refractivity contribution is 7.47. The maximum Gasteiger partial charge on any atom is 0.472 e. The van der Waals surface area contributed by atoms with Crippen LogP contribution < -0.4 is 5.32 Å². The van der Waals surface area contributed by atoms with Crippen LogP contribution in [0, 0.1) is 0 Å². The lowest BCUT2D eigenvalue weighted by molar-refractivity contribution is -0.147. The van der Waals surface area contributed by atoms with E-state index in [0.717, 1.165) is 77.0 Å². The third kappa shape index (κ3) is 43.9. The molecule has 0 aromatic rings. The number of amides is 1. The number of phosphoric acid groups is 1. The fraction of sp³-hybridized carbons (Fsp3) is 0.617. The molecule has 0 bridgehead atoms. The molecule has 0 aromatic heterocycles. The van der Waals surface area contributed by atoms with Gasteiger partial charge in [-0.05, 0) is 83.5 Å². The molecule has 9 nitrogen and oxygen atoms in total. The van der Waals surface area contributed by atoms with Gasteiger partial charge in [-0.1, -0.05) is 156 Å². The van der Waals surface area contributed by atoms with E-state index in [-0.39, 0.29) is 38.5 Å². The summed E-state index contributed by atoms with van der Waals surface area (Å²) < 4.78 is 26.8. The van der Waals surface area contributed by atoms with Crippen molar-refractivity contribution in [1.82, 2.24) is 5.32 Å². The number of carbonyl (C=O) groups excluding carboxylic acids is 2. The molecule has 3 N–H and O–H groups in total. The number of rotatable bonds is 39. The van der Waals surface area contributed by atoms with Gasteiger partial charge < -0.3 is 20.1 Å². The van der Waals surface area contributed by atoms with E-state index in [1.165, 1.54) is 44.9 Å². The third-order valence-corrected chi connectivity index (χ3v) is 9.50. The van der Waals surface area contributed by atoms with Crippen molar-refractivity contribution < 1.29 is 37.9 Å². The maximum atomic E-state index is 12.1. The lowest BCUT2D eigenvalue weighted by atomic mass is 10.1. The fourth-order valence-corrected chi connectivity index (χ4v) is 6.01. The number of aliphatic hydroxyl groups is 1. The van der Waals surface area contributed by atoms with E-state index in [0.29, 0.717) is 6.42 Å². The van der Waals surface area contributed by atoms with Crippen LogP contribution in [0.15, 0.2) is 97.2 Å². The van der Waals surface area contributed by atoms with Crippen molar-refractivity contribution in [3.05, 3.63) is 97.2 Å². The summed E-state index contributed by atoms with van der Waals surface area (Å²) in [5, 5.41) is 12.6. The standard InChI is InChI=1S/C47H78NO8P/c1-3-5-7-9-11-13-15-17-19-21-22-24-25-27-29-31-33-35-37-39-46(50)48-41-42-55-57(52,53)56-44-45(49)43-54-47(51)40-38-36-34-32-30-28-26-23-20-18-16-14-12-10-8-6-4-2/h5,7,11-14,17-20,22,24,27,29,33,35,45,49H,3-4,6,8-10,15-16,21,23,25-26,28,30-32,34,36-44H2,1-2H3,(H,48,50)(H,52,53)/b7-5-,13-11-,14-12-,19-17-,20-18-,24-22-,29-27-,35-33-. The molecule has 0 fully saturated rings. The molecule has 0 radical (unpaired) electrons. The Morgan fingerprint density at radius 2 is 1.02 bits per heavy atom. The van der Waals surface area contributed by atoms with Gasteiger partial charge in [0, 0.05) is 19.4 Å². The predicted molar refractivity (Wildman–Crippen MR) is 238 cm³/mol. The lowest BCUT2D eigenvalue weighted by Crippen LogP contribution is -2.27. The molecule has 2 atom stereocenters. The van der Waals surface area contributed by atoms with E-state index in [4.69, 9.17) is 13.8 Å². The zero-order chi connectivity index (χ0) is 41.8. The van der Waals surface area contributed by atoms with Crippen LogP contribution in [0.2, 0.25) is 0 Å². The van der Waals surface area contributed by atoms with Crippen LogP contribution >= 0.6 is 7.82 Å². The summed E-state index contributed by atoms with van der Waals surface area (Å²) in [5.41, 5.74) is 0. The second-order valence-corrected chi connectivity index (χ2v) is 15.4. The first-order valence-electron chi connectivity index (χ1n) is 21.7. The smallest absolute Gasteiger partial charge is 0.463 e. The number of esters is 1. The first-order valence-corrected chi connectivity index (χ1v) is 23.2. The number of allylic oxidation sites excluding steroid dienone is 16. The first kappa shape index (κ1) is 53.9. The summed E-state index contributed by atoms with van der Waals surface area (Å²) >= 11 is 0. The van der Waals surface area contributed by atoms with Gasteiger partial charge in [0.2, 0.25) is 5.91 Å². The van der Waals surface area contributed by atoms with Crippen molar-refractivity contribution in [3.8, 4) is 0 Å². The largest absolute Gasteiger partial charge is 0.472 e. The van der Waals surface area contributed by atoms with Crippen LogP contribution in [-0.2, 0) is 27.9 Å². The minimum atomic E-state index is -4.45. The number of ether oxygens (including phenoxy) is 1. The zero-order valence-electron chi connectivity index (χ0n) is 35.5. The summed E-state index contributed by atoms with van der Waals surface area (Å²) in [6.45, 7) is 3.29. The molecule has 324 valence electrons. The molecule has 0 aromatic carbocycles. The van der Waals surface area contributed by atoms with Crippen LogP contribution in [0.3, 0.4) is 0 Å². The Kier molecular flexibility index (Phi) is 40.2. The molecule has 0 spiro atoms. The van der Waals surface area contributed by atoms with Gasteiger partial charge in [0.05, 0.1) is 13.2 Å². The molecular weight excluding hydrogens is 737 g/mol. The molecule has 10 heteroatoms. The molecule has 1 amide bonds. The van der Waals surface area contributed by atoms with Gasteiger partial charge in [0.1, 0.15) is 12.7 Å². The van der Waals surface area contributed by atoms with Gasteiger partial charge in [0.15, 0.2) is 0 Å². The van der Waals surface area contributed by atoms with Gasteiger partial charge in [-0.3, -0.25) is 18.6 Å². The molecule has 0 aliphatic heterocycles. The second-order valence-electron chi connectivity index (χ2n) is 13.9. The second kappa shape index (κ2) is 42.5. The zero-order valence-corrected chi connectivity index (χ0v) is 36.4. The van der Waals surface area contributed by atoms with Gasteiger partial charge >= 0.3 is 13.8 Å². The third-order valence-electron chi connectivity index (χ3n) is 8.51. The number of hydrogen-bond donors (Lipinski definition) is 3. The van der Waals surface area contributed by atoms with Crippen molar-refractivity contribution in [2.75, 3.05) is 26.4 Å². The minimum Gasteiger partial charge on any atom is -0.463 e. The normalized spacial score (nSPS) is 14.2. The van der Waals surface area contributed by atoms with Crippen LogP contribution in [0.25, 0.3) is 0 Å². The minimum absolute atomic E-state index is 0.0336. The molecule has 0 saturated carbocycles. The highest BCUT2D eigenvalue weighted by atomic mass is 31.2. The van der Waals surface area contributed by atoms with Crippen LogP contribution in [0.1, 0.15) is 155 Å². The van der Waals surface area contributed by atoms with Crippen LogP contribution in [-0.4, -0.2) is 54.3 Å². The fourth-order valence-electron chi connectivity index (χ4n) is 5.26. The van der Waals surface area contributed by atoms with Crippen molar-refractivity contribution in [1.29, 1.82) is 0 Å². The van der Waals surface area contributed by atoms with Gasteiger partial charge in [-0.15, -0.1) is 0 Å². The summed E-state index contributed by atoms with van der Waals surface area (Å²) in [6, 6.07) is 0. The van der Waals surface area contributed by atoms with Crippen LogP contribution in [0.5, 0.6) is 0 Å². The Labute approximate surface area is 346 Å². The lowest BCUT2D eigenvalue weighted by Gasteiger charge is -2.15. The highest BCUT2D eigenvalue weighted by Gasteiger charge is 2.23. The molecule has 0 rings (SSSR count). The monoisotopic (exact) mass is 816 g/mol. The van der Waals surface area contributed by atoms with Crippen molar-refractivity contribution in [2.45, 2.75) is 161 Å². The SMILES string of the molecule is CC/C=C\C/C=C\C/C=C\C/C=C\C/C=C\C/C=C\CCC(=O)NCCOP(=O)(O)OCC(O)COC(=O)CCCCCCCCC/C=C\C/C=C\CCCCC. The number of carbonyl (C=O) groups is 2. The number of unbranched alkanes of at least 4 members (excludes halogenated alkanes) is 10.